The van der Waals surface area contributed by atoms with Gasteiger partial charge in [-0.3, -0.25) is 4.99 Å². The van der Waals surface area contributed by atoms with Gasteiger partial charge in [0.1, 0.15) is 11.5 Å². The lowest BCUT2D eigenvalue weighted by molar-refractivity contribution is 0.292. The molecule has 1 aromatic carbocycles. The first-order valence-electron chi connectivity index (χ1n) is 6.99. The molecular weight excluding hydrogens is 268 g/mol. The molecule has 0 bridgehead atoms. The Kier molecular flexibility index (Phi) is 4.90. The average Bonchev–Trinajstić information content (AvgIpc) is 2.85. The van der Waals surface area contributed by atoms with E-state index in [0.717, 1.165) is 30.2 Å². The zero-order valence-corrected chi connectivity index (χ0v) is 13.2. The van der Waals surface area contributed by atoms with Crippen molar-refractivity contribution in [2.24, 2.45) is 10.7 Å². The summed E-state index contributed by atoms with van der Waals surface area (Å²) in [5.41, 5.74) is 7.13. The topological polar surface area (TPSA) is 63.3 Å². The summed E-state index contributed by atoms with van der Waals surface area (Å²) < 4.78 is 10.7. The van der Waals surface area contributed by atoms with E-state index in [-0.39, 0.29) is 6.04 Å². The zero-order chi connectivity index (χ0) is 15.4. The predicted octanol–water partition coefficient (Wildman–Crippen LogP) is 0.937. The molecule has 1 heterocycles. The van der Waals surface area contributed by atoms with E-state index >= 15 is 0 Å². The van der Waals surface area contributed by atoms with Crippen molar-refractivity contribution in [3.63, 3.8) is 0 Å². The van der Waals surface area contributed by atoms with E-state index in [2.05, 4.69) is 14.8 Å². The molecule has 0 aromatic heterocycles. The van der Waals surface area contributed by atoms with Crippen LogP contribution in [0.15, 0.2) is 23.2 Å². The Hall–Kier alpha value is -1.95. The van der Waals surface area contributed by atoms with E-state index in [9.17, 15) is 0 Å². The first-order chi connectivity index (χ1) is 10.0. The molecule has 116 valence electrons. The van der Waals surface area contributed by atoms with E-state index < -0.39 is 0 Å². The Bertz CT molecular complexity index is 494. The molecule has 0 spiro atoms. The minimum absolute atomic E-state index is 0.133. The summed E-state index contributed by atoms with van der Waals surface area (Å²) >= 11 is 0. The van der Waals surface area contributed by atoms with Crippen LogP contribution in [0.4, 0.5) is 0 Å². The van der Waals surface area contributed by atoms with Gasteiger partial charge in [0.05, 0.1) is 26.8 Å². The van der Waals surface area contributed by atoms with Crippen LogP contribution in [0.25, 0.3) is 0 Å². The van der Waals surface area contributed by atoms with Gasteiger partial charge in [0.2, 0.25) is 0 Å². The highest BCUT2D eigenvalue weighted by atomic mass is 16.5. The summed E-state index contributed by atoms with van der Waals surface area (Å²) in [6.45, 7) is 2.43. The number of aliphatic imine (C=N–C) groups is 1. The standard InChI is InChI=1S/C15H24N4O2/c1-18(2)5-6-19-14(10-17-15(19)16)11-7-12(20-3)9-13(8-11)21-4/h7-9,14H,5-6,10H2,1-4H3,(H2,16,17). The molecule has 1 aliphatic heterocycles. The van der Waals surface area contributed by atoms with Crippen molar-refractivity contribution in [3.8, 4) is 11.5 Å². The molecule has 0 saturated carbocycles. The maximum atomic E-state index is 6.03. The maximum absolute atomic E-state index is 6.03. The highest BCUT2D eigenvalue weighted by Crippen LogP contribution is 2.31. The van der Waals surface area contributed by atoms with Gasteiger partial charge in [0, 0.05) is 19.2 Å². The summed E-state index contributed by atoms with van der Waals surface area (Å²) in [7, 11) is 7.41. The Balaban J connectivity index is 2.23. The van der Waals surface area contributed by atoms with Crippen LogP contribution >= 0.6 is 0 Å². The number of hydrogen-bond acceptors (Lipinski definition) is 6. The van der Waals surface area contributed by atoms with E-state index in [4.69, 9.17) is 15.2 Å². The fraction of sp³-hybridized carbons (Fsp3) is 0.533. The summed E-state index contributed by atoms with van der Waals surface area (Å²) in [5.74, 6) is 2.16. The number of ether oxygens (including phenoxy) is 2. The van der Waals surface area contributed by atoms with Crippen LogP contribution in [-0.4, -0.2) is 63.7 Å². The SMILES string of the molecule is COc1cc(OC)cc(C2CN=C(N)N2CCN(C)C)c1. The van der Waals surface area contributed by atoms with Crippen LogP contribution in [0.5, 0.6) is 11.5 Å². The van der Waals surface area contributed by atoms with E-state index in [1.54, 1.807) is 14.2 Å². The van der Waals surface area contributed by atoms with Crippen molar-refractivity contribution < 1.29 is 9.47 Å². The molecule has 2 rings (SSSR count). The van der Waals surface area contributed by atoms with Gasteiger partial charge in [-0.2, -0.15) is 0 Å². The minimum atomic E-state index is 0.133. The molecule has 1 aromatic rings. The predicted molar refractivity (Wildman–Crippen MR) is 84.0 cm³/mol. The fourth-order valence-electron chi connectivity index (χ4n) is 2.41. The first-order valence-corrected chi connectivity index (χ1v) is 6.99. The number of methoxy groups -OCH3 is 2. The van der Waals surface area contributed by atoms with E-state index in [1.807, 2.05) is 32.3 Å². The molecule has 0 amide bonds. The van der Waals surface area contributed by atoms with Crippen LogP contribution in [0.1, 0.15) is 11.6 Å². The molecule has 1 aliphatic rings. The Labute approximate surface area is 126 Å². The Morgan fingerprint density at radius 1 is 1.24 bits per heavy atom. The van der Waals surface area contributed by atoms with Crippen molar-refractivity contribution in [2.75, 3.05) is 47.9 Å². The van der Waals surface area contributed by atoms with Gasteiger partial charge in [-0.1, -0.05) is 0 Å². The molecule has 0 radical (unpaired) electrons. The van der Waals surface area contributed by atoms with Gasteiger partial charge >= 0.3 is 0 Å². The second-order valence-electron chi connectivity index (χ2n) is 5.36. The van der Waals surface area contributed by atoms with Crippen molar-refractivity contribution in [3.05, 3.63) is 23.8 Å². The van der Waals surface area contributed by atoms with Crippen molar-refractivity contribution in [2.45, 2.75) is 6.04 Å². The van der Waals surface area contributed by atoms with Gasteiger partial charge in [-0.15, -0.1) is 0 Å². The third-order valence-electron chi connectivity index (χ3n) is 3.64. The highest BCUT2D eigenvalue weighted by molar-refractivity contribution is 5.80. The number of likely N-dealkylation sites (N-methyl/N-ethyl adjacent to an activating group) is 1. The molecule has 1 unspecified atom stereocenters. The van der Waals surface area contributed by atoms with Crippen LogP contribution in [0.3, 0.4) is 0 Å². The normalized spacial score (nSPS) is 18.0. The fourth-order valence-corrected chi connectivity index (χ4v) is 2.41. The third-order valence-corrected chi connectivity index (χ3v) is 3.64. The molecule has 21 heavy (non-hydrogen) atoms. The number of benzene rings is 1. The summed E-state index contributed by atoms with van der Waals surface area (Å²) in [6.07, 6.45) is 0. The summed E-state index contributed by atoms with van der Waals surface area (Å²) in [5, 5.41) is 0. The van der Waals surface area contributed by atoms with Crippen molar-refractivity contribution in [1.29, 1.82) is 0 Å². The van der Waals surface area contributed by atoms with Gasteiger partial charge in [0.15, 0.2) is 5.96 Å². The minimum Gasteiger partial charge on any atom is -0.497 e. The lowest BCUT2D eigenvalue weighted by atomic mass is 10.1. The van der Waals surface area contributed by atoms with Gasteiger partial charge < -0.3 is 25.0 Å². The highest BCUT2D eigenvalue weighted by Gasteiger charge is 2.28. The Morgan fingerprint density at radius 3 is 2.38 bits per heavy atom. The maximum Gasteiger partial charge on any atom is 0.191 e. The van der Waals surface area contributed by atoms with Gasteiger partial charge in [-0.25, -0.2) is 0 Å². The number of nitrogens with two attached hydrogens (primary N) is 1. The lowest BCUT2D eigenvalue weighted by Gasteiger charge is -2.28. The molecule has 1 atom stereocenters. The molecule has 6 nitrogen and oxygen atoms in total. The summed E-state index contributed by atoms with van der Waals surface area (Å²) in [6, 6.07) is 6.04. The summed E-state index contributed by atoms with van der Waals surface area (Å²) in [4.78, 5) is 8.65. The number of hydrogen-bond donors (Lipinski definition) is 1. The average molecular weight is 292 g/mol. The third kappa shape index (κ3) is 3.58. The first kappa shape index (κ1) is 15.4. The molecule has 0 fully saturated rings. The van der Waals surface area contributed by atoms with Crippen LogP contribution < -0.4 is 15.2 Å². The van der Waals surface area contributed by atoms with Crippen molar-refractivity contribution in [1.82, 2.24) is 9.80 Å². The second kappa shape index (κ2) is 6.67. The van der Waals surface area contributed by atoms with E-state index in [1.165, 1.54) is 0 Å². The van der Waals surface area contributed by atoms with E-state index in [0.29, 0.717) is 12.5 Å². The van der Waals surface area contributed by atoms with Crippen LogP contribution in [0.2, 0.25) is 0 Å². The quantitative estimate of drug-likeness (QED) is 0.845. The smallest absolute Gasteiger partial charge is 0.191 e. The second-order valence-corrected chi connectivity index (χ2v) is 5.36. The van der Waals surface area contributed by atoms with Crippen molar-refractivity contribution >= 4 is 5.96 Å². The number of guanidine groups is 1. The number of rotatable bonds is 6. The molecule has 0 aliphatic carbocycles. The molecular formula is C15H24N4O2. The molecule has 6 heteroatoms. The largest absolute Gasteiger partial charge is 0.497 e. The van der Waals surface area contributed by atoms with Gasteiger partial charge in [-0.05, 0) is 31.8 Å². The van der Waals surface area contributed by atoms with Gasteiger partial charge in [0.25, 0.3) is 0 Å². The van der Waals surface area contributed by atoms with Crippen LogP contribution in [0, 0.1) is 0 Å². The zero-order valence-electron chi connectivity index (χ0n) is 13.2. The molecule has 2 N–H and O–H groups in total. The van der Waals surface area contributed by atoms with Crippen LogP contribution in [-0.2, 0) is 0 Å². The Morgan fingerprint density at radius 2 is 1.86 bits per heavy atom. The number of nitrogens with zero attached hydrogens (tertiary/aromatic N) is 3. The monoisotopic (exact) mass is 292 g/mol. The molecule has 0 saturated heterocycles. The lowest BCUT2D eigenvalue weighted by Crippen LogP contribution is -2.40.